The highest BCUT2D eigenvalue weighted by Crippen LogP contribution is 2.18. The first-order valence-electron chi connectivity index (χ1n) is 6.16. The zero-order valence-corrected chi connectivity index (χ0v) is 11.9. The van der Waals surface area contributed by atoms with Gasteiger partial charge in [0.15, 0.2) is 0 Å². The molecule has 7 heteroatoms. The normalized spacial score (nSPS) is 25.2. The summed E-state index contributed by atoms with van der Waals surface area (Å²) in [6.07, 6.45) is -0.210. The van der Waals surface area contributed by atoms with Crippen LogP contribution in [0.3, 0.4) is 0 Å². The van der Waals surface area contributed by atoms with Gasteiger partial charge in [0.1, 0.15) is 0 Å². The lowest BCUT2D eigenvalue weighted by Gasteiger charge is -2.34. The maximum Gasteiger partial charge on any atom is 0.301 e. The molecule has 0 aromatic heterocycles. The summed E-state index contributed by atoms with van der Waals surface area (Å²) in [5.74, 6) is 0. The summed E-state index contributed by atoms with van der Waals surface area (Å²) in [6.45, 7) is 4.44. The van der Waals surface area contributed by atoms with Crippen molar-refractivity contribution in [2.45, 2.75) is 26.1 Å². The standard InChI is InChI=1S/C12H19N3O3S/c1-9-7-15(8-10(2)18-9)19(16,17)14-12-5-3-11(13)4-6-12/h3-6,9-10,14H,7-8,13H2,1-2H3/t9-,10+. The molecule has 0 radical (unpaired) electrons. The summed E-state index contributed by atoms with van der Waals surface area (Å²) >= 11 is 0. The molecule has 1 fully saturated rings. The lowest BCUT2D eigenvalue weighted by molar-refractivity contribution is -0.0439. The predicted molar refractivity (Wildman–Crippen MR) is 75.0 cm³/mol. The van der Waals surface area contributed by atoms with Gasteiger partial charge >= 0.3 is 10.2 Å². The molecular formula is C12H19N3O3S. The average molecular weight is 285 g/mol. The Hall–Kier alpha value is -1.31. The summed E-state index contributed by atoms with van der Waals surface area (Å²) in [7, 11) is -3.55. The third-order valence-corrected chi connectivity index (χ3v) is 4.36. The van der Waals surface area contributed by atoms with Gasteiger partial charge in [-0.2, -0.15) is 12.7 Å². The van der Waals surface area contributed by atoms with Crippen LogP contribution in [0, 0.1) is 0 Å². The Labute approximate surface area is 113 Å². The van der Waals surface area contributed by atoms with Crippen LogP contribution < -0.4 is 10.5 Å². The second kappa shape index (κ2) is 5.36. The highest BCUT2D eigenvalue weighted by molar-refractivity contribution is 7.90. The smallest absolute Gasteiger partial charge is 0.301 e. The zero-order valence-electron chi connectivity index (χ0n) is 11.0. The SMILES string of the molecule is C[C@@H]1CN(S(=O)(=O)Nc2ccc(N)cc2)C[C@H](C)O1. The Morgan fingerprint density at radius 2 is 1.74 bits per heavy atom. The molecule has 0 saturated carbocycles. The molecule has 1 aliphatic rings. The monoisotopic (exact) mass is 285 g/mol. The molecule has 1 aliphatic heterocycles. The van der Waals surface area contributed by atoms with Gasteiger partial charge in [-0.3, -0.25) is 4.72 Å². The summed E-state index contributed by atoms with van der Waals surface area (Å²) < 4.78 is 34.0. The molecule has 6 nitrogen and oxygen atoms in total. The Bertz CT molecular complexity index is 520. The van der Waals surface area contributed by atoms with Crippen LogP contribution in [0.5, 0.6) is 0 Å². The van der Waals surface area contributed by atoms with Crippen molar-refractivity contribution in [3.8, 4) is 0 Å². The number of nitrogen functional groups attached to an aromatic ring is 1. The quantitative estimate of drug-likeness (QED) is 0.813. The molecule has 0 unspecified atom stereocenters. The van der Waals surface area contributed by atoms with E-state index in [9.17, 15) is 8.42 Å². The molecule has 0 aliphatic carbocycles. The van der Waals surface area contributed by atoms with E-state index in [-0.39, 0.29) is 12.2 Å². The lowest BCUT2D eigenvalue weighted by Crippen LogP contribution is -2.49. The van der Waals surface area contributed by atoms with E-state index in [0.717, 1.165) is 0 Å². The van der Waals surface area contributed by atoms with Gasteiger partial charge in [-0.15, -0.1) is 0 Å². The fraction of sp³-hybridized carbons (Fsp3) is 0.500. The van der Waals surface area contributed by atoms with E-state index in [1.807, 2.05) is 13.8 Å². The number of rotatable bonds is 3. The van der Waals surface area contributed by atoms with E-state index < -0.39 is 10.2 Å². The van der Waals surface area contributed by atoms with Gasteiger partial charge in [-0.05, 0) is 38.1 Å². The van der Waals surface area contributed by atoms with Crippen molar-refractivity contribution in [3.63, 3.8) is 0 Å². The third kappa shape index (κ3) is 3.59. The fourth-order valence-electron chi connectivity index (χ4n) is 2.09. The number of hydrogen-bond acceptors (Lipinski definition) is 4. The lowest BCUT2D eigenvalue weighted by atomic mass is 10.3. The minimum atomic E-state index is -3.55. The van der Waals surface area contributed by atoms with Crippen LogP contribution in [0.1, 0.15) is 13.8 Å². The number of morpholine rings is 1. The van der Waals surface area contributed by atoms with E-state index in [1.165, 1.54) is 4.31 Å². The van der Waals surface area contributed by atoms with Crippen LogP contribution in [0.15, 0.2) is 24.3 Å². The molecule has 1 aromatic rings. The first kappa shape index (κ1) is 14.1. The molecular weight excluding hydrogens is 266 g/mol. The first-order chi connectivity index (χ1) is 8.87. The van der Waals surface area contributed by atoms with Gasteiger partial charge in [-0.1, -0.05) is 0 Å². The first-order valence-corrected chi connectivity index (χ1v) is 7.60. The molecule has 1 heterocycles. The Morgan fingerprint density at radius 1 is 1.21 bits per heavy atom. The van der Waals surface area contributed by atoms with Crippen LogP contribution in [-0.4, -0.2) is 38.0 Å². The largest absolute Gasteiger partial charge is 0.399 e. The van der Waals surface area contributed by atoms with Gasteiger partial charge in [0.05, 0.1) is 12.2 Å². The average Bonchev–Trinajstić information content (AvgIpc) is 2.31. The van der Waals surface area contributed by atoms with Gasteiger partial charge in [0.2, 0.25) is 0 Å². The molecule has 2 atom stereocenters. The van der Waals surface area contributed by atoms with Crippen LogP contribution in [0.4, 0.5) is 11.4 Å². The van der Waals surface area contributed by atoms with Crippen molar-refractivity contribution in [2.75, 3.05) is 23.5 Å². The molecule has 1 saturated heterocycles. The second-order valence-corrected chi connectivity index (χ2v) is 6.47. The highest BCUT2D eigenvalue weighted by Gasteiger charge is 2.30. The second-order valence-electron chi connectivity index (χ2n) is 4.80. The van der Waals surface area contributed by atoms with Crippen molar-refractivity contribution in [1.82, 2.24) is 4.31 Å². The predicted octanol–water partition coefficient (Wildman–Crippen LogP) is 1.03. The van der Waals surface area contributed by atoms with E-state index in [0.29, 0.717) is 24.5 Å². The molecule has 0 spiro atoms. The molecule has 3 N–H and O–H groups in total. The van der Waals surface area contributed by atoms with Crippen molar-refractivity contribution in [1.29, 1.82) is 0 Å². The third-order valence-electron chi connectivity index (χ3n) is 2.88. The number of nitrogens with zero attached hydrogens (tertiary/aromatic N) is 1. The van der Waals surface area contributed by atoms with E-state index in [4.69, 9.17) is 10.5 Å². The number of benzene rings is 1. The molecule has 106 valence electrons. The van der Waals surface area contributed by atoms with Crippen molar-refractivity contribution >= 4 is 21.6 Å². The van der Waals surface area contributed by atoms with Gasteiger partial charge in [-0.25, -0.2) is 0 Å². The topological polar surface area (TPSA) is 84.7 Å². The van der Waals surface area contributed by atoms with Gasteiger partial charge in [0.25, 0.3) is 0 Å². The van der Waals surface area contributed by atoms with E-state index in [2.05, 4.69) is 4.72 Å². The zero-order chi connectivity index (χ0) is 14.0. The molecule has 0 bridgehead atoms. The maximum absolute atomic E-state index is 12.3. The number of anilines is 2. The Morgan fingerprint density at radius 3 is 2.26 bits per heavy atom. The number of ether oxygens (including phenoxy) is 1. The molecule has 1 aromatic carbocycles. The molecule has 19 heavy (non-hydrogen) atoms. The van der Waals surface area contributed by atoms with Crippen molar-refractivity contribution < 1.29 is 13.2 Å². The van der Waals surface area contributed by atoms with Crippen LogP contribution in [-0.2, 0) is 14.9 Å². The summed E-state index contributed by atoms with van der Waals surface area (Å²) in [5.41, 5.74) is 6.66. The van der Waals surface area contributed by atoms with Crippen molar-refractivity contribution in [2.24, 2.45) is 0 Å². The minimum Gasteiger partial charge on any atom is -0.399 e. The Balaban J connectivity index is 2.11. The van der Waals surface area contributed by atoms with Crippen LogP contribution in [0.2, 0.25) is 0 Å². The highest BCUT2D eigenvalue weighted by atomic mass is 32.2. The number of nitrogens with two attached hydrogens (primary N) is 1. The summed E-state index contributed by atoms with van der Waals surface area (Å²) in [4.78, 5) is 0. The van der Waals surface area contributed by atoms with Gasteiger partial charge < -0.3 is 10.5 Å². The maximum atomic E-state index is 12.3. The summed E-state index contributed by atoms with van der Waals surface area (Å²) in [6, 6.07) is 6.59. The van der Waals surface area contributed by atoms with Gasteiger partial charge in [0, 0.05) is 24.5 Å². The number of nitrogens with one attached hydrogen (secondary N) is 1. The Kier molecular flexibility index (Phi) is 3.98. The molecule has 0 amide bonds. The molecule has 2 rings (SSSR count). The van der Waals surface area contributed by atoms with E-state index >= 15 is 0 Å². The van der Waals surface area contributed by atoms with Crippen molar-refractivity contribution in [3.05, 3.63) is 24.3 Å². The minimum absolute atomic E-state index is 0.105. The fourth-order valence-corrected chi connectivity index (χ4v) is 3.47. The number of hydrogen-bond donors (Lipinski definition) is 2. The van der Waals surface area contributed by atoms with E-state index in [1.54, 1.807) is 24.3 Å². The summed E-state index contributed by atoms with van der Waals surface area (Å²) in [5, 5.41) is 0. The van der Waals surface area contributed by atoms with Crippen LogP contribution >= 0.6 is 0 Å². The van der Waals surface area contributed by atoms with Crippen LogP contribution in [0.25, 0.3) is 0 Å².